The summed E-state index contributed by atoms with van der Waals surface area (Å²) in [5, 5.41) is 9.07. The lowest BCUT2D eigenvalue weighted by Crippen LogP contribution is -2.41. The number of carbonyl (C=O) groups is 1. The van der Waals surface area contributed by atoms with Gasteiger partial charge in [0.05, 0.1) is 18.6 Å². The van der Waals surface area contributed by atoms with Crippen molar-refractivity contribution in [1.82, 2.24) is 9.80 Å². The molecule has 2 aliphatic heterocycles. The molecule has 0 aromatic heterocycles. The lowest BCUT2D eigenvalue weighted by molar-refractivity contribution is -0.143. The zero-order chi connectivity index (χ0) is 17.6. The Balaban J connectivity index is 1.40. The maximum atomic E-state index is 11.0. The van der Waals surface area contributed by atoms with Crippen molar-refractivity contribution in [3.63, 3.8) is 0 Å². The molecule has 0 radical (unpaired) electrons. The molecule has 1 N–H and O–H groups in total. The fraction of sp³-hybridized carbons (Fsp3) is 0.650. The highest BCUT2D eigenvalue weighted by Crippen LogP contribution is 2.25. The van der Waals surface area contributed by atoms with Crippen molar-refractivity contribution in [2.45, 2.75) is 32.3 Å². The zero-order valence-electron chi connectivity index (χ0n) is 15.2. The number of hydrogen-bond donors (Lipinski definition) is 1. The summed E-state index contributed by atoms with van der Waals surface area (Å²) < 4.78 is 6.00. The molecule has 5 nitrogen and oxygen atoms in total. The van der Waals surface area contributed by atoms with E-state index in [1.165, 1.54) is 11.1 Å². The van der Waals surface area contributed by atoms with Crippen molar-refractivity contribution in [3.8, 4) is 0 Å². The molecule has 2 saturated heterocycles. The van der Waals surface area contributed by atoms with E-state index < -0.39 is 5.97 Å². The molecule has 0 aliphatic carbocycles. The van der Waals surface area contributed by atoms with Gasteiger partial charge in [-0.25, -0.2) is 0 Å². The number of piperidine rings is 1. The van der Waals surface area contributed by atoms with Gasteiger partial charge in [-0.2, -0.15) is 0 Å². The predicted molar refractivity (Wildman–Crippen MR) is 97.7 cm³/mol. The lowest BCUT2D eigenvalue weighted by Gasteiger charge is -2.35. The summed E-state index contributed by atoms with van der Waals surface area (Å²) in [5.74, 6) is -0.763. The van der Waals surface area contributed by atoms with Crippen LogP contribution in [0.5, 0.6) is 0 Å². The summed E-state index contributed by atoms with van der Waals surface area (Å²) >= 11 is 0. The SMILES string of the molecule is Cc1ccccc1C1CN(CCCN2CCC(C(=O)O)CC2)CCO1. The Bertz CT molecular complexity index is 570. The number of benzene rings is 1. The van der Waals surface area contributed by atoms with Crippen molar-refractivity contribution < 1.29 is 14.6 Å². The number of carboxylic acid groups (broad SMARTS) is 1. The number of morpholine rings is 1. The minimum absolute atomic E-state index is 0.134. The standard InChI is InChI=1S/C20H30N2O3/c1-16-5-2-3-6-18(16)19-15-22(13-14-25-19)10-4-9-21-11-7-17(8-12-21)20(23)24/h2-3,5-6,17,19H,4,7-15H2,1H3,(H,23,24). The normalized spacial score (nSPS) is 23.6. The highest BCUT2D eigenvalue weighted by Gasteiger charge is 2.25. The summed E-state index contributed by atoms with van der Waals surface area (Å²) in [4.78, 5) is 15.9. The summed E-state index contributed by atoms with van der Waals surface area (Å²) in [6.45, 7) is 8.91. The molecule has 0 spiro atoms. The molecule has 1 unspecified atom stereocenters. The minimum Gasteiger partial charge on any atom is -0.481 e. The molecule has 0 bridgehead atoms. The maximum Gasteiger partial charge on any atom is 0.306 e. The molecule has 2 aliphatic rings. The Labute approximate surface area is 150 Å². The van der Waals surface area contributed by atoms with E-state index >= 15 is 0 Å². The Hall–Kier alpha value is -1.43. The van der Waals surface area contributed by atoms with Gasteiger partial charge in [-0.1, -0.05) is 24.3 Å². The highest BCUT2D eigenvalue weighted by atomic mass is 16.5. The van der Waals surface area contributed by atoms with E-state index in [1.54, 1.807) is 0 Å². The van der Waals surface area contributed by atoms with Crippen LogP contribution in [-0.2, 0) is 9.53 Å². The third-order valence-corrected chi connectivity index (χ3v) is 5.57. The van der Waals surface area contributed by atoms with Gasteiger partial charge in [0.25, 0.3) is 0 Å². The molecule has 2 heterocycles. The van der Waals surface area contributed by atoms with E-state index in [0.29, 0.717) is 0 Å². The van der Waals surface area contributed by atoms with Gasteiger partial charge in [0.2, 0.25) is 0 Å². The topological polar surface area (TPSA) is 53.0 Å². The van der Waals surface area contributed by atoms with E-state index in [4.69, 9.17) is 9.84 Å². The highest BCUT2D eigenvalue weighted by molar-refractivity contribution is 5.70. The number of rotatable bonds is 6. The molecular weight excluding hydrogens is 316 g/mol. The average molecular weight is 346 g/mol. The quantitative estimate of drug-likeness (QED) is 0.858. The van der Waals surface area contributed by atoms with Crippen LogP contribution in [0.1, 0.15) is 36.5 Å². The second kappa shape index (κ2) is 8.79. The van der Waals surface area contributed by atoms with Crippen LogP contribution in [0.4, 0.5) is 0 Å². The van der Waals surface area contributed by atoms with E-state index in [1.807, 2.05) is 0 Å². The van der Waals surface area contributed by atoms with Crippen molar-refractivity contribution in [2.75, 3.05) is 45.9 Å². The maximum absolute atomic E-state index is 11.0. The van der Waals surface area contributed by atoms with Crippen LogP contribution in [0.15, 0.2) is 24.3 Å². The summed E-state index contributed by atoms with van der Waals surface area (Å²) in [5.41, 5.74) is 2.61. The number of aryl methyl sites for hydroxylation is 1. The fourth-order valence-electron chi connectivity index (χ4n) is 3.96. The molecule has 25 heavy (non-hydrogen) atoms. The van der Waals surface area contributed by atoms with Crippen LogP contribution in [0.25, 0.3) is 0 Å². The molecule has 0 saturated carbocycles. The van der Waals surface area contributed by atoms with E-state index in [-0.39, 0.29) is 12.0 Å². The fourth-order valence-corrected chi connectivity index (χ4v) is 3.96. The van der Waals surface area contributed by atoms with Crippen molar-refractivity contribution in [1.29, 1.82) is 0 Å². The van der Waals surface area contributed by atoms with Crippen LogP contribution in [0.3, 0.4) is 0 Å². The van der Waals surface area contributed by atoms with Crippen molar-refractivity contribution in [2.24, 2.45) is 5.92 Å². The van der Waals surface area contributed by atoms with Crippen LogP contribution < -0.4 is 0 Å². The second-order valence-electron chi connectivity index (χ2n) is 7.32. The van der Waals surface area contributed by atoms with Crippen LogP contribution in [0, 0.1) is 12.8 Å². The van der Waals surface area contributed by atoms with Gasteiger partial charge in [0.15, 0.2) is 0 Å². The number of nitrogens with zero attached hydrogens (tertiary/aromatic N) is 2. The average Bonchev–Trinajstić information content (AvgIpc) is 2.63. The number of carboxylic acids is 1. The molecule has 3 rings (SSSR count). The van der Waals surface area contributed by atoms with Crippen molar-refractivity contribution in [3.05, 3.63) is 35.4 Å². The van der Waals surface area contributed by atoms with Crippen LogP contribution in [-0.4, -0.2) is 66.8 Å². The number of aliphatic carboxylic acids is 1. The predicted octanol–water partition coefficient (Wildman–Crippen LogP) is 2.56. The van der Waals surface area contributed by atoms with Crippen LogP contribution in [0.2, 0.25) is 0 Å². The largest absolute Gasteiger partial charge is 0.481 e. The van der Waals surface area contributed by atoms with Gasteiger partial charge in [-0.15, -0.1) is 0 Å². The van der Waals surface area contributed by atoms with Gasteiger partial charge < -0.3 is 14.7 Å². The van der Waals surface area contributed by atoms with E-state index in [0.717, 1.165) is 65.1 Å². The molecule has 1 aromatic rings. The molecular formula is C20H30N2O3. The number of ether oxygens (including phenoxy) is 1. The Morgan fingerprint density at radius 3 is 2.60 bits per heavy atom. The number of hydrogen-bond acceptors (Lipinski definition) is 4. The molecule has 2 fully saturated rings. The first-order chi connectivity index (χ1) is 12.1. The van der Waals surface area contributed by atoms with Crippen molar-refractivity contribution >= 4 is 5.97 Å². The smallest absolute Gasteiger partial charge is 0.306 e. The minimum atomic E-state index is -0.629. The lowest BCUT2D eigenvalue weighted by atomic mass is 9.97. The van der Waals surface area contributed by atoms with Gasteiger partial charge in [0.1, 0.15) is 0 Å². The third kappa shape index (κ3) is 5.03. The van der Waals surface area contributed by atoms with Crippen LogP contribution >= 0.6 is 0 Å². The third-order valence-electron chi connectivity index (χ3n) is 5.57. The van der Waals surface area contributed by atoms with Gasteiger partial charge in [-0.05, 0) is 63.5 Å². The molecule has 0 amide bonds. The summed E-state index contributed by atoms with van der Waals surface area (Å²) in [7, 11) is 0. The first kappa shape index (κ1) is 18.4. The van der Waals surface area contributed by atoms with Gasteiger partial charge in [-0.3, -0.25) is 9.69 Å². The Kier molecular flexibility index (Phi) is 6.45. The second-order valence-corrected chi connectivity index (χ2v) is 7.32. The van der Waals surface area contributed by atoms with Gasteiger partial charge >= 0.3 is 5.97 Å². The van der Waals surface area contributed by atoms with Gasteiger partial charge in [0, 0.05) is 13.1 Å². The molecule has 1 atom stereocenters. The first-order valence-electron chi connectivity index (χ1n) is 9.48. The first-order valence-corrected chi connectivity index (χ1v) is 9.48. The molecule has 138 valence electrons. The monoisotopic (exact) mass is 346 g/mol. The Morgan fingerprint density at radius 1 is 1.16 bits per heavy atom. The summed E-state index contributed by atoms with van der Waals surface area (Å²) in [6.07, 6.45) is 2.91. The summed E-state index contributed by atoms with van der Waals surface area (Å²) in [6, 6.07) is 8.49. The molecule has 5 heteroatoms. The molecule has 1 aromatic carbocycles. The number of likely N-dealkylation sites (tertiary alicyclic amines) is 1. The van der Waals surface area contributed by atoms with E-state index in [9.17, 15) is 4.79 Å². The zero-order valence-corrected chi connectivity index (χ0v) is 15.2. The van der Waals surface area contributed by atoms with E-state index in [2.05, 4.69) is 41.0 Å². The Morgan fingerprint density at radius 2 is 1.88 bits per heavy atom.